The summed E-state index contributed by atoms with van der Waals surface area (Å²) in [6, 6.07) is 0. The summed E-state index contributed by atoms with van der Waals surface area (Å²) in [7, 11) is 3.33. The van der Waals surface area contributed by atoms with Crippen molar-refractivity contribution in [2.24, 2.45) is 0 Å². The molecule has 0 aliphatic rings. The standard InChI is InChI=1S/C7H16O2.C5H12O2/c1-4-8-6-7(3)9-5-2;1-5(7-3)4-6-2/h7H,4-6H2,1-3H3;5H,4H2,1-3H3. The van der Waals surface area contributed by atoms with Crippen LogP contribution in [0.2, 0.25) is 0 Å². The smallest absolute Gasteiger partial charge is 0.0780 e. The average Bonchev–Trinajstić information content (AvgIpc) is 2.28. The second kappa shape index (κ2) is 14.8. The summed E-state index contributed by atoms with van der Waals surface area (Å²) in [4.78, 5) is 0. The lowest BCUT2D eigenvalue weighted by molar-refractivity contribution is 0.00215. The molecule has 0 fully saturated rings. The summed E-state index contributed by atoms with van der Waals surface area (Å²) in [5.74, 6) is 0. The Labute approximate surface area is 100 Å². The van der Waals surface area contributed by atoms with E-state index in [9.17, 15) is 0 Å². The first-order chi connectivity index (χ1) is 7.62. The minimum atomic E-state index is 0.227. The molecular weight excluding hydrogens is 208 g/mol. The van der Waals surface area contributed by atoms with Gasteiger partial charge in [0, 0.05) is 27.4 Å². The fourth-order valence-electron chi connectivity index (χ4n) is 0.919. The molecule has 0 aromatic heterocycles. The molecule has 2 unspecified atom stereocenters. The Kier molecular flexibility index (Phi) is 16.9. The van der Waals surface area contributed by atoms with Gasteiger partial charge < -0.3 is 18.9 Å². The van der Waals surface area contributed by atoms with E-state index in [1.54, 1.807) is 14.2 Å². The van der Waals surface area contributed by atoms with E-state index in [1.807, 2.05) is 27.7 Å². The molecule has 0 rings (SSSR count). The van der Waals surface area contributed by atoms with Gasteiger partial charge in [-0.05, 0) is 27.7 Å². The van der Waals surface area contributed by atoms with Gasteiger partial charge in [-0.2, -0.15) is 0 Å². The lowest BCUT2D eigenvalue weighted by atomic mass is 10.4. The zero-order valence-electron chi connectivity index (χ0n) is 11.6. The van der Waals surface area contributed by atoms with Crippen LogP contribution in [0.1, 0.15) is 27.7 Å². The Hall–Kier alpha value is -0.160. The SMILES string of the molecule is CCOCC(C)OCC.COCC(C)OC. The third-order valence-corrected chi connectivity index (χ3v) is 1.81. The number of hydrogen-bond donors (Lipinski definition) is 0. The predicted molar refractivity (Wildman–Crippen MR) is 65.9 cm³/mol. The lowest BCUT2D eigenvalue weighted by Crippen LogP contribution is -2.15. The molecule has 0 aromatic carbocycles. The second-order valence-electron chi connectivity index (χ2n) is 3.43. The van der Waals surface area contributed by atoms with Crippen molar-refractivity contribution in [3.63, 3.8) is 0 Å². The van der Waals surface area contributed by atoms with Crippen LogP contribution in [0.15, 0.2) is 0 Å². The average molecular weight is 236 g/mol. The van der Waals surface area contributed by atoms with Gasteiger partial charge in [0.25, 0.3) is 0 Å². The van der Waals surface area contributed by atoms with Crippen molar-refractivity contribution in [1.82, 2.24) is 0 Å². The van der Waals surface area contributed by atoms with Crippen LogP contribution in [0.25, 0.3) is 0 Å². The maximum atomic E-state index is 5.22. The second-order valence-corrected chi connectivity index (χ2v) is 3.43. The highest BCUT2D eigenvalue weighted by atomic mass is 16.5. The summed E-state index contributed by atoms with van der Waals surface area (Å²) in [6.45, 7) is 10.9. The number of methoxy groups -OCH3 is 2. The van der Waals surface area contributed by atoms with Crippen molar-refractivity contribution < 1.29 is 18.9 Å². The first kappa shape index (κ1) is 18.2. The summed E-state index contributed by atoms with van der Waals surface area (Å²) in [5.41, 5.74) is 0. The van der Waals surface area contributed by atoms with E-state index in [1.165, 1.54) is 0 Å². The molecule has 0 radical (unpaired) electrons. The van der Waals surface area contributed by atoms with Crippen LogP contribution in [0, 0.1) is 0 Å². The molecule has 0 saturated heterocycles. The zero-order valence-corrected chi connectivity index (χ0v) is 11.6. The Balaban J connectivity index is 0. The van der Waals surface area contributed by atoms with Crippen molar-refractivity contribution in [2.75, 3.05) is 40.6 Å². The van der Waals surface area contributed by atoms with Crippen molar-refractivity contribution in [3.05, 3.63) is 0 Å². The van der Waals surface area contributed by atoms with E-state index in [4.69, 9.17) is 18.9 Å². The Bertz CT molecular complexity index is 120. The van der Waals surface area contributed by atoms with Gasteiger partial charge in [-0.3, -0.25) is 0 Å². The van der Waals surface area contributed by atoms with Crippen LogP contribution < -0.4 is 0 Å². The van der Waals surface area contributed by atoms with Gasteiger partial charge in [0.2, 0.25) is 0 Å². The maximum Gasteiger partial charge on any atom is 0.0780 e. The van der Waals surface area contributed by atoms with Gasteiger partial charge in [-0.1, -0.05) is 0 Å². The van der Waals surface area contributed by atoms with Crippen LogP contribution in [0.3, 0.4) is 0 Å². The van der Waals surface area contributed by atoms with Gasteiger partial charge in [0.05, 0.1) is 25.4 Å². The molecule has 4 nitrogen and oxygen atoms in total. The third-order valence-electron chi connectivity index (χ3n) is 1.81. The van der Waals surface area contributed by atoms with Gasteiger partial charge in [-0.25, -0.2) is 0 Å². The fourth-order valence-corrected chi connectivity index (χ4v) is 0.919. The summed E-state index contributed by atoms with van der Waals surface area (Å²) >= 11 is 0. The van der Waals surface area contributed by atoms with Crippen molar-refractivity contribution in [1.29, 1.82) is 0 Å². The summed E-state index contributed by atoms with van der Waals surface area (Å²) in [5, 5.41) is 0. The van der Waals surface area contributed by atoms with E-state index >= 15 is 0 Å². The van der Waals surface area contributed by atoms with Gasteiger partial charge in [0.15, 0.2) is 0 Å². The summed E-state index contributed by atoms with van der Waals surface area (Å²) in [6.07, 6.45) is 0.472. The highest BCUT2D eigenvalue weighted by Crippen LogP contribution is 1.90. The topological polar surface area (TPSA) is 36.9 Å². The van der Waals surface area contributed by atoms with Crippen molar-refractivity contribution >= 4 is 0 Å². The molecular formula is C12H28O4. The fraction of sp³-hybridized carbons (Fsp3) is 1.00. The highest BCUT2D eigenvalue weighted by molar-refractivity contribution is 4.44. The highest BCUT2D eigenvalue weighted by Gasteiger charge is 1.97. The van der Waals surface area contributed by atoms with E-state index in [2.05, 4.69) is 0 Å². The molecule has 0 saturated carbocycles. The first-order valence-electron chi connectivity index (χ1n) is 5.83. The molecule has 0 spiro atoms. The molecule has 2 atom stereocenters. The van der Waals surface area contributed by atoms with Crippen LogP contribution in [0.5, 0.6) is 0 Å². The van der Waals surface area contributed by atoms with Gasteiger partial charge in [0.1, 0.15) is 0 Å². The van der Waals surface area contributed by atoms with Crippen molar-refractivity contribution in [2.45, 2.75) is 39.9 Å². The molecule has 4 heteroatoms. The molecule has 100 valence electrons. The minimum absolute atomic E-state index is 0.227. The Morgan fingerprint density at radius 1 is 0.875 bits per heavy atom. The van der Waals surface area contributed by atoms with Crippen LogP contribution >= 0.6 is 0 Å². The molecule has 0 aliphatic heterocycles. The lowest BCUT2D eigenvalue weighted by Gasteiger charge is -2.09. The molecule has 0 aliphatic carbocycles. The molecule has 0 bridgehead atoms. The zero-order chi connectivity index (χ0) is 12.8. The Morgan fingerprint density at radius 3 is 1.81 bits per heavy atom. The summed E-state index contributed by atoms with van der Waals surface area (Å²) < 4.78 is 20.0. The molecule has 16 heavy (non-hydrogen) atoms. The van der Waals surface area contributed by atoms with Gasteiger partial charge >= 0.3 is 0 Å². The Morgan fingerprint density at radius 2 is 1.50 bits per heavy atom. The van der Waals surface area contributed by atoms with Crippen LogP contribution in [-0.2, 0) is 18.9 Å². The van der Waals surface area contributed by atoms with E-state index in [-0.39, 0.29) is 12.2 Å². The molecule has 0 aromatic rings. The molecule has 0 heterocycles. The van der Waals surface area contributed by atoms with E-state index in [0.29, 0.717) is 13.2 Å². The van der Waals surface area contributed by atoms with Crippen molar-refractivity contribution in [3.8, 4) is 0 Å². The number of rotatable bonds is 8. The van der Waals surface area contributed by atoms with Gasteiger partial charge in [-0.15, -0.1) is 0 Å². The van der Waals surface area contributed by atoms with E-state index < -0.39 is 0 Å². The molecule has 0 amide bonds. The molecule has 0 N–H and O–H groups in total. The first-order valence-corrected chi connectivity index (χ1v) is 5.83. The predicted octanol–water partition coefficient (Wildman–Crippen LogP) is 2.12. The van der Waals surface area contributed by atoms with Crippen LogP contribution in [-0.4, -0.2) is 52.9 Å². The maximum absolute atomic E-state index is 5.22. The quantitative estimate of drug-likeness (QED) is 0.647. The normalized spacial score (nSPS) is 13.9. The number of hydrogen-bond acceptors (Lipinski definition) is 4. The minimum Gasteiger partial charge on any atom is -0.382 e. The third kappa shape index (κ3) is 16.3. The van der Waals surface area contributed by atoms with E-state index in [0.717, 1.165) is 13.2 Å². The monoisotopic (exact) mass is 236 g/mol. The van der Waals surface area contributed by atoms with Crippen LogP contribution in [0.4, 0.5) is 0 Å². The largest absolute Gasteiger partial charge is 0.382 e. The number of ether oxygens (including phenoxy) is 4.